The third-order valence-corrected chi connectivity index (χ3v) is 3.84. The van der Waals surface area contributed by atoms with E-state index in [0.29, 0.717) is 6.04 Å². The van der Waals surface area contributed by atoms with Gasteiger partial charge in [-0.25, -0.2) is 0 Å². The van der Waals surface area contributed by atoms with Crippen molar-refractivity contribution in [1.82, 2.24) is 5.32 Å². The Balaban J connectivity index is 2.05. The van der Waals surface area contributed by atoms with Gasteiger partial charge in [0, 0.05) is 6.04 Å². The number of fused-ring (bicyclic) bond motifs is 3. The molecular formula is C13H17N. The average molecular weight is 187 g/mol. The number of hydrogen-bond acceptors (Lipinski definition) is 1. The highest BCUT2D eigenvalue weighted by molar-refractivity contribution is 5.41. The minimum Gasteiger partial charge on any atom is -0.310 e. The van der Waals surface area contributed by atoms with Crippen molar-refractivity contribution in [3.8, 4) is 0 Å². The summed E-state index contributed by atoms with van der Waals surface area (Å²) in [6, 6.07) is 7.42. The van der Waals surface area contributed by atoms with Crippen molar-refractivity contribution in [2.75, 3.05) is 6.54 Å². The molecule has 74 valence electrons. The summed E-state index contributed by atoms with van der Waals surface area (Å²) in [5.41, 5.74) is 4.69. The molecule has 1 aliphatic heterocycles. The summed E-state index contributed by atoms with van der Waals surface area (Å²) in [4.78, 5) is 0. The first-order chi connectivity index (χ1) is 6.86. The number of aryl methyl sites for hydroxylation is 1. The summed E-state index contributed by atoms with van der Waals surface area (Å²) in [6.07, 6.45) is 4.07. The molecular weight excluding hydrogens is 170 g/mol. The summed E-state index contributed by atoms with van der Waals surface area (Å²) in [6.45, 7) is 3.45. The van der Waals surface area contributed by atoms with Crippen LogP contribution in [0.4, 0.5) is 0 Å². The second-order valence-electron chi connectivity index (χ2n) is 4.68. The molecule has 1 heterocycles. The van der Waals surface area contributed by atoms with Gasteiger partial charge in [-0.05, 0) is 55.3 Å². The van der Waals surface area contributed by atoms with Crippen molar-refractivity contribution in [2.45, 2.75) is 32.2 Å². The predicted octanol–water partition coefficient (Wildman–Crippen LogP) is 2.59. The van der Waals surface area contributed by atoms with Crippen LogP contribution in [-0.4, -0.2) is 6.54 Å². The fourth-order valence-electron chi connectivity index (χ4n) is 3.10. The molecule has 3 rings (SSSR count). The Morgan fingerprint density at radius 3 is 3.21 bits per heavy atom. The van der Waals surface area contributed by atoms with E-state index in [2.05, 4.69) is 30.4 Å². The van der Waals surface area contributed by atoms with Gasteiger partial charge < -0.3 is 5.32 Å². The van der Waals surface area contributed by atoms with Crippen LogP contribution in [0.3, 0.4) is 0 Å². The lowest BCUT2D eigenvalue weighted by Gasteiger charge is -2.27. The number of nitrogens with one attached hydrogen (secondary N) is 1. The highest BCUT2D eigenvalue weighted by Crippen LogP contribution is 2.41. The van der Waals surface area contributed by atoms with E-state index < -0.39 is 0 Å². The molecule has 1 nitrogen and oxygen atoms in total. The normalized spacial score (nSPS) is 29.8. The SMILES string of the molecule is Cc1cccc2c1CC1CCCN[C@H]21. The largest absolute Gasteiger partial charge is 0.310 e. The average Bonchev–Trinajstić information content (AvgIpc) is 2.59. The lowest BCUT2D eigenvalue weighted by molar-refractivity contribution is 0.307. The van der Waals surface area contributed by atoms with E-state index in [9.17, 15) is 0 Å². The Hall–Kier alpha value is -0.820. The highest BCUT2D eigenvalue weighted by Gasteiger charge is 2.34. The molecule has 0 spiro atoms. The summed E-state index contributed by atoms with van der Waals surface area (Å²) in [7, 11) is 0. The van der Waals surface area contributed by atoms with E-state index in [1.807, 2.05) is 0 Å². The molecule has 1 fully saturated rings. The van der Waals surface area contributed by atoms with Gasteiger partial charge in [0.15, 0.2) is 0 Å². The zero-order chi connectivity index (χ0) is 9.54. The number of hydrogen-bond donors (Lipinski definition) is 1. The highest BCUT2D eigenvalue weighted by atomic mass is 14.9. The molecule has 1 aromatic rings. The first kappa shape index (κ1) is 8.49. The third-order valence-electron chi connectivity index (χ3n) is 3.84. The van der Waals surface area contributed by atoms with Crippen LogP contribution in [0.15, 0.2) is 18.2 Å². The standard InChI is InChI=1S/C13H17N/c1-9-4-2-6-11-12(9)8-10-5-3-7-14-13(10)11/h2,4,6,10,13-14H,3,5,7-8H2,1H3/t10?,13-/m0/s1. The van der Waals surface area contributed by atoms with Crippen molar-refractivity contribution in [3.05, 3.63) is 34.9 Å². The Labute approximate surface area is 85.5 Å². The van der Waals surface area contributed by atoms with Crippen LogP contribution in [0.1, 0.15) is 35.6 Å². The van der Waals surface area contributed by atoms with Crippen molar-refractivity contribution in [3.63, 3.8) is 0 Å². The van der Waals surface area contributed by atoms with Crippen LogP contribution in [0.5, 0.6) is 0 Å². The molecule has 1 heteroatoms. The van der Waals surface area contributed by atoms with Crippen molar-refractivity contribution >= 4 is 0 Å². The molecule has 2 aliphatic rings. The second-order valence-corrected chi connectivity index (χ2v) is 4.68. The van der Waals surface area contributed by atoms with E-state index in [1.165, 1.54) is 31.4 Å². The number of benzene rings is 1. The zero-order valence-electron chi connectivity index (χ0n) is 8.72. The summed E-state index contributed by atoms with van der Waals surface area (Å²) in [5.74, 6) is 0.875. The molecule has 1 saturated heterocycles. The summed E-state index contributed by atoms with van der Waals surface area (Å²) < 4.78 is 0. The smallest absolute Gasteiger partial charge is 0.0354 e. The van der Waals surface area contributed by atoms with Crippen molar-refractivity contribution in [2.24, 2.45) is 5.92 Å². The fourth-order valence-corrected chi connectivity index (χ4v) is 3.10. The van der Waals surface area contributed by atoms with Crippen LogP contribution in [-0.2, 0) is 6.42 Å². The maximum Gasteiger partial charge on any atom is 0.0354 e. The van der Waals surface area contributed by atoms with Gasteiger partial charge in [-0.3, -0.25) is 0 Å². The predicted molar refractivity (Wildman–Crippen MR) is 58.4 cm³/mol. The van der Waals surface area contributed by atoms with Gasteiger partial charge in [-0.1, -0.05) is 18.2 Å². The van der Waals surface area contributed by atoms with E-state index in [1.54, 1.807) is 11.1 Å². The van der Waals surface area contributed by atoms with Crippen LogP contribution in [0.2, 0.25) is 0 Å². The maximum absolute atomic E-state index is 3.66. The first-order valence-corrected chi connectivity index (χ1v) is 5.68. The second kappa shape index (κ2) is 3.09. The van der Waals surface area contributed by atoms with Crippen LogP contribution in [0, 0.1) is 12.8 Å². The molecule has 1 N–H and O–H groups in total. The van der Waals surface area contributed by atoms with Gasteiger partial charge in [0.25, 0.3) is 0 Å². The van der Waals surface area contributed by atoms with Gasteiger partial charge in [0.2, 0.25) is 0 Å². The summed E-state index contributed by atoms with van der Waals surface area (Å²) in [5, 5.41) is 3.66. The monoisotopic (exact) mass is 187 g/mol. The Kier molecular flexibility index (Phi) is 1.88. The number of rotatable bonds is 0. The van der Waals surface area contributed by atoms with Gasteiger partial charge in [-0.15, -0.1) is 0 Å². The molecule has 0 radical (unpaired) electrons. The first-order valence-electron chi connectivity index (χ1n) is 5.68. The quantitative estimate of drug-likeness (QED) is 0.658. The van der Waals surface area contributed by atoms with Crippen molar-refractivity contribution < 1.29 is 0 Å². The zero-order valence-corrected chi connectivity index (χ0v) is 8.72. The molecule has 1 unspecified atom stereocenters. The Morgan fingerprint density at radius 2 is 2.29 bits per heavy atom. The molecule has 0 bridgehead atoms. The minimum absolute atomic E-state index is 0.665. The summed E-state index contributed by atoms with van der Waals surface area (Å²) >= 11 is 0. The van der Waals surface area contributed by atoms with Crippen LogP contribution < -0.4 is 5.32 Å². The molecule has 0 saturated carbocycles. The topological polar surface area (TPSA) is 12.0 Å². The van der Waals surface area contributed by atoms with E-state index in [-0.39, 0.29) is 0 Å². The van der Waals surface area contributed by atoms with Gasteiger partial charge in [0.05, 0.1) is 0 Å². The van der Waals surface area contributed by atoms with Gasteiger partial charge >= 0.3 is 0 Å². The Morgan fingerprint density at radius 1 is 1.36 bits per heavy atom. The molecule has 14 heavy (non-hydrogen) atoms. The minimum atomic E-state index is 0.665. The fraction of sp³-hybridized carbons (Fsp3) is 0.538. The molecule has 0 amide bonds. The van der Waals surface area contributed by atoms with Crippen LogP contribution in [0.25, 0.3) is 0 Å². The lowest BCUT2D eigenvalue weighted by atomic mass is 9.92. The molecule has 0 aromatic heterocycles. The van der Waals surface area contributed by atoms with E-state index in [4.69, 9.17) is 0 Å². The molecule has 1 aliphatic carbocycles. The van der Waals surface area contributed by atoms with Crippen LogP contribution >= 0.6 is 0 Å². The van der Waals surface area contributed by atoms with Gasteiger partial charge in [-0.2, -0.15) is 0 Å². The van der Waals surface area contributed by atoms with E-state index >= 15 is 0 Å². The van der Waals surface area contributed by atoms with Gasteiger partial charge in [0.1, 0.15) is 0 Å². The lowest BCUT2D eigenvalue weighted by Crippen LogP contribution is -2.31. The van der Waals surface area contributed by atoms with E-state index in [0.717, 1.165) is 5.92 Å². The Bertz CT molecular complexity index is 356. The number of piperidine rings is 1. The maximum atomic E-state index is 3.66. The third kappa shape index (κ3) is 1.12. The molecule has 2 atom stereocenters. The van der Waals surface area contributed by atoms with Crippen molar-refractivity contribution in [1.29, 1.82) is 0 Å². The molecule has 1 aromatic carbocycles.